The summed E-state index contributed by atoms with van der Waals surface area (Å²) in [6.07, 6.45) is 7.39. The van der Waals surface area contributed by atoms with E-state index >= 15 is 0 Å². The zero-order valence-corrected chi connectivity index (χ0v) is 13.4. The highest BCUT2D eigenvalue weighted by atomic mass is 16.5. The van der Waals surface area contributed by atoms with Crippen LogP contribution in [0, 0.1) is 0 Å². The van der Waals surface area contributed by atoms with E-state index in [2.05, 4.69) is 0 Å². The summed E-state index contributed by atoms with van der Waals surface area (Å²) >= 11 is 0. The number of phenolic OH excluding ortho intramolecular Hbond substituents is 2. The van der Waals surface area contributed by atoms with Gasteiger partial charge in [-0.2, -0.15) is 0 Å². The van der Waals surface area contributed by atoms with Gasteiger partial charge < -0.3 is 20.1 Å². The molecule has 3 N–H and O–H groups in total. The number of carbonyl (C=O) groups is 1. The van der Waals surface area contributed by atoms with Crippen molar-refractivity contribution < 1.29 is 24.9 Å². The first-order valence-electron chi connectivity index (χ1n) is 8.09. The molecule has 0 unspecified atom stereocenters. The van der Waals surface area contributed by atoms with Gasteiger partial charge >= 0.3 is 5.97 Å². The van der Waals surface area contributed by atoms with Crippen LogP contribution in [-0.4, -0.2) is 33.5 Å². The number of ether oxygens (including phenoxy) is 1. The lowest BCUT2D eigenvalue weighted by atomic mass is 10.0. The third kappa shape index (κ3) is 4.99. The molecule has 1 aliphatic heterocycles. The Balaban J connectivity index is 2.30. The van der Waals surface area contributed by atoms with E-state index in [4.69, 9.17) is 4.74 Å². The lowest BCUT2D eigenvalue weighted by molar-refractivity contribution is 0.0307. The molecule has 5 nitrogen and oxygen atoms in total. The standard InChI is InChI=1S/C18H24O5/c1-12-6-5-9-14(19)8-4-2-3-7-13-10-15(20)11-16(21)17(13)18(22)23-12/h3,7,10-12,14,19-21H,2,4-6,8-9H2,1H3/b7-3-/t12-,14-/m1/s1. The fourth-order valence-electron chi connectivity index (χ4n) is 2.75. The van der Waals surface area contributed by atoms with Crippen molar-refractivity contribution in [2.45, 2.75) is 57.7 Å². The molecule has 0 saturated heterocycles. The van der Waals surface area contributed by atoms with E-state index < -0.39 is 5.97 Å². The van der Waals surface area contributed by atoms with E-state index in [9.17, 15) is 20.1 Å². The van der Waals surface area contributed by atoms with Gasteiger partial charge in [0, 0.05) is 6.07 Å². The smallest absolute Gasteiger partial charge is 0.342 e. The number of aliphatic hydroxyl groups is 1. The van der Waals surface area contributed by atoms with Crippen LogP contribution in [0.5, 0.6) is 11.5 Å². The molecule has 1 heterocycles. The molecule has 0 amide bonds. The van der Waals surface area contributed by atoms with Crippen molar-refractivity contribution in [3.63, 3.8) is 0 Å². The number of aromatic hydroxyl groups is 2. The van der Waals surface area contributed by atoms with Crippen molar-refractivity contribution in [1.29, 1.82) is 0 Å². The molecule has 1 aromatic rings. The molecule has 0 fully saturated rings. The summed E-state index contributed by atoms with van der Waals surface area (Å²) in [5.74, 6) is -1.00. The van der Waals surface area contributed by atoms with Crippen molar-refractivity contribution in [2.75, 3.05) is 0 Å². The summed E-state index contributed by atoms with van der Waals surface area (Å²) in [5.41, 5.74) is 0.500. The summed E-state index contributed by atoms with van der Waals surface area (Å²) in [4.78, 5) is 12.3. The molecule has 2 atom stereocenters. The van der Waals surface area contributed by atoms with Gasteiger partial charge in [0.05, 0.1) is 12.2 Å². The topological polar surface area (TPSA) is 87.0 Å². The third-order valence-corrected chi connectivity index (χ3v) is 4.00. The number of fused-ring (bicyclic) bond motifs is 1. The maximum absolute atomic E-state index is 12.3. The number of allylic oxidation sites excluding steroid dienone is 1. The highest BCUT2D eigenvalue weighted by Gasteiger charge is 2.20. The predicted octanol–water partition coefficient (Wildman–Crippen LogP) is 3.37. The molecule has 1 aromatic carbocycles. The lowest BCUT2D eigenvalue weighted by Crippen LogP contribution is -2.17. The van der Waals surface area contributed by atoms with Gasteiger partial charge in [-0.1, -0.05) is 12.2 Å². The minimum Gasteiger partial charge on any atom is -0.508 e. The van der Waals surface area contributed by atoms with Gasteiger partial charge in [0.25, 0.3) is 0 Å². The Morgan fingerprint density at radius 1 is 1.13 bits per heavy atom. The average molecular weight is 320 g/mol. The summed E-state index contributed by atoms with van der Waals surface area (Å²) in [7, 11) is 0. The highest BCUT2D eigenvalue weighted by molar-refractivity contribution is 5.97. The molecular formula is C18H24O5. The molecule has 0 saturated carbocycles. The van der Waals surface area contributed by atoms with Gasteiger partial charge in [0.15, 0.2) is 0 Å². The zero-order valence-electron chi connectivity index (χ0n) is 13.4. The van der Waals surface area contributed by atoms with Crippen molar-refractivity contribution in [3.8, 4) is 11.5 Å². The van der Waals surface area contributed by atoms with Crippen LogP contribution in [0.15, 0.2) is 18.2 Å². The van der Waals surface area contributed by atoms with Crippen LogP contribution >= 0.6 is 0 Å². The predicted molar refractivity (Wildman–Crippen MR) is 87.4 cm³/mol. The Hall–Kier alpha value is -2.01. The molecule has 5 heteroatoms. The minimum atomic E-state index is -0.604. The second kappa shape index (κ2) is 8.02. The minimum absolute atomic E-state index is 0.0722. The van der Waals surface area contributed by atoms with Crippen LogP contribution in [0.3, 0.4) is 0 Å². The Morgan fingerprint density at radius 3 is 2.65 bits per heavy atom. The molecule has 0 spiro atoms. The Bertz CT molecular complexity index is 579. The maximum Gasteiger partial charge on any atom is 0.342 e. The SMILES string of the molecule is C[C@@H]1CCC[C@H](O)CCC/C=C\c2cc(O)cc(O)c2C(=O)O1. The highest BCUT2D eigenvalue weighted by Crippen LogP contribution is 2.30. The number of hydrogen-bond donors (Lipinski definition) is 3. The van der Waals surface area contributed by atoms with Gasteiger partial charge in [0.1, 0.15) is 17.1 Å². The number of esters is 1. The zero-order chi connectivity index (χ0) is 16.8. The fourth-order valence-corrected chi connectivity index (χ4v) is 2.75. The van der Waals surface area contributed by atoms with Gasteiger partial charge in [-0.25, -0.2) is 4.79 Å². The van der Waals surface area contributed by atoms with Crippen LogP contribution in [-0.2, 0) is 4.74 Å². The summed E-state index contributed by atoms with van der Waals surface area (Å²) in [6.45, 7) is 1.79. The van der Waals surface area contributed by atoms with Crippen LogP contribution in [0.2, 0.25) is 0 Å². The molecule has 0 bridgehead atoms. The largest absolute Gasteiger partial charge is 0.508 e. The fraction of sp³-hybridized carbons (Fsp3) is 0.500. The van der Waals surface area contributed by atoms with Crippen LogP contribution in [0.25, 0.3) is 6.08 Å². The Labute approximate surface area is 136 Å². The second-order valence-corrected chi connectivity index (χ2v) is 6.06. The van der Waals surface area contributed by atoms with E-state index in [0.29, 0.717) is 18.4 Å². The maximum atomic E-state index is 12.3. The third-order valence-electron chi connectivity index (χ3n) is 4.00. The number of benzene rings is 1. The summed E-state index contributed by atoms with van der Waals surface area (Å²) in [5, 5.41) is 29.5. The average Bonchev–Trinajstić information content (AvgIpc) is 2.45. The van der Waals surface area contributed by atoms with Gasteiger partial charge in [-0.15, -0.1) is 0 Å². The number of cyclic esters (lactones) is 1. The van der Waals surface area contributed by atoms with E-state index in [-0.39, 0.29) is 29.3 Å². The Morgan fingerprint density at radius 2 is 1.87 bits per heavy atom. The monoisotopic (exact) mass is 320 g/mol. The van der Waals surface area contributed by atoms with Gasteiger partial charge in [0.2, 0.25) is 0 Å². The van der Waals surface area contributed by atoms with Gasteiger partial charge in [-0.3, -0.25) is 0 Å². The van der Waals surface area contributed by atoms with Crippen LogP contribution < -0.4 is 0 Å². The molecule has 0 aliphatic carbocycles. The molecule has 2 rings (SSSR count). The first-order chi connectivity index (χ1) is 11.0. The van der Waals surface area contributed by atoms with Crippen LogP contribution in [0.4, 0.5) is 0 Å². The van der Waals surface area contributed by atoms with E-state index in [1.54, 1.807) is 13.0 Å². The quantitative estimate of drug-likeness (QED) is 0.638. The molecule has 0 aromatic heterocycles. The summed E-state index contributed by atoms with van der Waals surface area (Å²) < 4.78 is 5.38. The Kier molecular flexibility index (Phi) is 6.04. The van der Waals surface area contributed by atoms with Crippen molar-refractivity contribution in [1.82, 2.24) is 0 Å². The normalized spacial score (nSPS) is 25.0. The van der Waals surface area contributed by atoms with E-state index in [1.165, 1.54) is 6.07 Å². The van der Waals surface area contributed by atoms with Crippen molar-refractivity contribution in [3.05, 3.63) is 29.3 Å². The molecule has 0 radical (unpaired) electrons. The van der Waals surface area contributed by atoms with E-state index in [0.717, 1.165) is 31.7 Å². The first-order valence-corrected chi connectivity index (χ1v) is 8.09. The summed E-state index contributed by atoms with van der Waals surface area (Å²) in [6, 6.07) is 2.57. The van der Waals surface area contributed by atoms with Crippen molar-refractivity contribution >= 4 is 12.0 Å². The molecule has 23 heavy (non-hydrogen) atoms. The number of rotatable bonds is 0. The number of phenols is 2. The van der Waals surface area contributed by atoms with Gasteiger partial charge in [-0.05, 0) is 57.1 Å². The molecule has 1 aliphatic rings. The number of aliphatic hydroxyl groups excluding tert-OH is 1. The van der Waals surface area contributed by atoms with E-state index in [1.807, 2.05) is 6.08 Å². The number of hydrogen-bond acceptors (Lipinski definition) is 5. The second-order valence-electron chi connectivity index (χ2n) is 6.06. The molecular weight excluding hydrogens is 296 g/mol. The van der Waals surface area contributed by atoms with Crippen LogP contribution in [0.1, 0.15) is 61.4 Å². The lowest BCUT2D eigenvalue weighted by Gasteiger charge is -2.17. The molecule has 126 valence electrons. The first kappa shape index (κ1) is 17.3. The van der Waals surface area contributed by atoms with Crippen molar-refractivity contribution in [2.24, 2.45) is 0 Å². The number of carbonyl (C=O) groups excluding carboxylic acids is 1.